The van der Waals surface area contributed by atoms with E-state index in [4.69, 9.17) is 0 Å². The maximum absolute atomic E-state index is 3.27. The normalized spacial score (nSPS) is 31.3. The molecule has 2 rings (SSSR count). The summed E-state index contributed by atoms with van der Waals surface area (Å²) in [7, 11) is 0. The number of hydrogen-bond donors (Lipinski definition) is 2. The van der Waals surface area contributed by atoms with Gasteiger partial charge in [-0.25, -0.2) is 0 Å². The SMILES string of the molecule is C1=CNC(C2C=CC=CN2)C=C1. The van der Waals surface area contributed by atoms with Crippen LogP contribution in [0.3, 0.4) is 0 Å². The van der Waals surface area contributed by atoms with Crippen LogP contribution in [-0.4, -0.2) is 12.1 Å². The van der Waals surface area contributed by atoms with Crippen LogP contribution in [0.15, 0.2) is 48.9 Å². The van der Waals surface area contributed by atoms with E-state index in [1.54, 1.807) is 0 Å². The Morgan fingerprint density at radius 2 is 1.17 bits per heavy atom. The predicted molar refractivity (Wildman–Crippen MR) is 50.4 cm³/mol. The van der Waals surface area contributed by atoms with E-state index >= 15 is 0 Å². The van der Waals surface area contributed by atoms with E-state index in [0.29, 0.717) is 12.1 Å². The van der Waals surface area contributed by atoms with Gasteiger partial charge in [-0.05, 0) is 24.6 Å². The molecule has 2 heteroatoms. The second-order valence-corrected chi connectivity index (χ2v) is 2.87. The molecule has 2 heterocycles. The summed E-state index contributed by atoms with van der Waals surface area (Å²) in [4.78, 5) is 0. The molecule has 0 aromatic heterocycles. The molecule has 0 saturated carbocycles. The lowest BCUT2D eigenvalue weighted by atomic mass is 10.0. The van der Waals surface area contributed by atoms with Crippen LogP contribution >= 0.6 is 0 Å². The Morgan fingerprint density at radius 1 is 0.667 bits per heavy atom. The highest BCUT2D eigenvalue weighted by atomic mass is 15.0. The van der Waals surface area contributed by atoms with Crippen molar-refractivity contribution < 1.29 is 0 Å². The second kappa shape index (κ2) is 3.30. The van der Waals surface area contributed by atoms with Crippen molar-refractivity contribution >= 4 is 0 Å². The first-order chi connectivity index (χ1) is 5.97. The fraction of sp³-hybridized carbons (Fsp3) is 0.200. The van der Waals surface area contributed by atoms with Crippen LogP contribution < -0.4 is 10.6 Å². The molecule has 0 amide bonds. The molecule has 0 saturated heterocycles. The molecule has 0 bridgehead atoms. The summed E-state index contributed by atoms with van der Waals surface area (Å²) in [6, 6.07) is 0.743. The molecule has 0 radical (unpaired) electrons. The summed E-state index contributed by atoms with van der Waals surface area (Å²) in [5.74, 6) is 0. The molecule has 0 spiro atoms. The Morgan fingerprint density at radius 3 is 1.50 bits per heavy atom. The van der Waals surface area contributed by atoms with Crippen molar-refractivity contribution in [2.75, 3.05) is 0 Å². The molecule has 2 atom stereocenters. The van der Waals surface area contributed by atoms with Crippen LogP contribution in [0, 0.1) is 0 Å². The predicted octanol–water partition coefficient (Wildman–Crippen LogP) is 1.07. The van der Waals surface area contributed by atoms with E-state index in [1.165, 1.54) is 0 Å². The van der Waals surface area contributed by atoms with Gasteiger partial charge in [-0.15, -0.1) is 0 Å². The van der Waals surface area contributed by atoms with E-state index in [9.17, 15) is 0 Å². The third-order valence-electron chi connectivity index (χ3n) is 2.02. The molecular weight excluding hydrogens is 148 g/mol. The highest BCUT2D eigenvalue weighted by molar-refractivity contribution is 5.22. The lowest BCUT2D eigenvalue weighted by Gasteiger charge is -2.25. The van der Waals surface area contributed by atoms with E-state index < -0.39 is 0 Å². The zero-order valence-electron chi connectivity index (χ0n) is 6.77. The van der Waals surface area contributed by atoms with Crippen molar-refractivity contribution in [3.63, 3.8) is 0 Å². The number of dihydropyridines is 2. The monoisotopic (exact) mass is 160 g/mol. The van der Waals surface area contributed by atoms with Crippen LogP contribution in [-0.2, 0) is 0 Å². The highest BCUT2D eigenvalue weighted by Gasteiger charge is 2.14. The van der Waals surface area contributed by atoms with E-state index in [-0.39, 0.29) is 0 Å². The fourth-order valence-electron chi connectivity index (χ4n) is 1.37. The molecule has 0 aliphatic carbocycles. The molecule has 2 aliphatic heterocycles. The molecule has 2 N–H and O–H groups in total. The van der Waals surface area contributed by atoms with Gasteiger partial charge in [-0.1, -0.05) is 24.3 Å². The van der Waals surface area contributed by atoms with Gasteiger partial charge in [0.05, 0.1) is 12.1 Å². The maximum atomic E-state index is 3.27. The third kappa shape index (κ3) is 1.42. The maximum Gasteiger partial charge on any atom is 0.0679 e. The van der Waals surface area contributed by atoms with Crippen LogP contribution in [0.2, 0.25) is 0 Å². The molecule has 0 fully saturated rings. The minimum atomic E-state index is 0.371. The van der Waals surface area contributed by atoms with Crippen molar-refractivity contribution in [3.8, 4) is 0 Å². The summed E-state index contributed by atoms with van der Waals surface area (Å²) in [5.41, 5.74) is 0. The molecule has 62 valence electrons. The Balaban J connectivity index is 2.01. The first kappa shape index (κ1) is 7.22. The van der Waals surface area contributed by atoms with Crippen LogP contribution in [0.4, 0.5) is 0 Å². The number of hydrogen-bond acceptors (Lipinski definition) is 2. The van der Waals surface area contributed by atoms with E-state index in [1.807, 2.05) is 24.6 Å². The van der Waals surface area contributed by atoms with Crippen molar-refractivity contribution in [2.45, 2.75) is 12.1 Å². The zero-order valence-corrected chi connectivity index (χ0v) is 6.77. The van der Waals surface area contributed by atoms with Gasteiger partial charge < -0.3 is 10.6 Å². The van der Waals surface area contributed by atoms with E-state index in [0.717, 1.165) is 0 Å². The van der Waals surface area contributed by atoms with Gasteiger partial charge >= 0.3 is 0 Å². The van der Waals surface area contributed by atoms with Crippen LogP contribution in [0.5, 0.6) is 0 Å². The van der Waals surface area contributed by atoms with Crippen molar-refractivity contribution in [1.29, 1.82) is 0 Å². The largest absolute Gasteiger partial charge is 0.382 e. The second-order valence-electron chi connectivity index (χ2n) is 2.87. The van der Waals surface area contributed by atoms with Gasteiger partial charge in [0.1, 0.15) is 0 Å². The minimum Gasteiger partial charge on any atom is -0.382 e. The van der Waals surface area contributed by atoms with Crippen LogP contribution in [0.1, 0.15) is 0 Å². The first-order valence-corrected chi connectivity index (χ1v) is 4.15. The van der Waals surface area contributed by atoms with Gasteiger partial charge in [0.2, 0.25) is 0 Å². The molecule has 0 aromatic carbocycles. The zero-order chi connectivity index (χ0) is 8.23. The van der Waals surface area contributed by atoms with Gasteiger partial charge in [-0.2, -0.15) is 0 Å². The molecule has 12 heavy (non-hydrogen) atoms. The third-order valence-corrected chi connectivity index (χ3v) is 2.02. The van der Waals surface area contributed by atoms with Gasteiger partial charge in [0.15, 0.2) is 0 Å². The number of rotatable bonds is 1. The van der Waals surface area contributed by atoms with Crippen LogP contribution in [0.25, 0.3) is 0 Å². The molecule has 2 aliphatic rings. The Bertz CT molecular complexity index is 233. The summed E-state index contributed by atoms with van der Waals surface area (Å²) < 4.78 is 0. The summed E-state index contributed by atoms with van der Waals surface area (Å²) >= 11 is 0. The Labute approximate surface area is 72.4 Å². The van der Waals surface area contributed by atoms with Gasteiger partial charge in [-0.3, -0.25) is 0 Å². The number of nitrogens with one attached hydrogen (secondary N) is 2. The smallest absolute Gasteiger partial charge is 0.0679 e. The Hall–Kier alpha value is -1.44. The summed E-state index contributed by atoms with van der Waals surface area (Å²) in [5, 5.41) is 6.55. The van der Waals surface area contributed by atoms with E-state index in [2.05, 4.69) is 34.9 Å². The Kier molecular flexibility index (Phi) is 1.99. The quantitative estimate of drug-likeness (QED) is 0.599. The topological polar surface area (TPSA) is 24.1 Å². The first-order valence-electron chi connectivity index (χ1n) is 4.15. The van der Waals surface area contributed by atoms with Gasteiger partial charge in [0, 0.05) is 0 Å². The molecule has 2 nitrogen and oxygen atoms in total. The van der Waals surface area contributed by atoms with Gasteiger partial charge in [0.25, 0.3) is 0 Å². The van der Waals surface area contributed by atoms with Crippen molar-refractivity contribution in [3.05, 3.63) is 48.9 Å². The standard InChI is InChI=1S/C10H12N2/c1-3-7-11-9(5-1)10-6-2-4-8-12-10/h1-12H. The fourth-order valence-corrected chi connectivity index (χ4v) is 1.37. The van der Waals surface area contributed by atoms with Crippen molar-refractivity contribution in [1.82, 2.24) is 10.6 Å². The molecule has 2 unspecified atom stereocenters. The molecule has 0 aromatic rings. The molecular formula is C10H12N2. The minimum absolute atomic E-state index is 0.371. The van der Waals surface area contributed by atoms with Crippen molar-refractivity contribution in [2.24, 2.45) is 0 Å². The summed E-state index contributed by atoms with van der Waals surface area (Å²) in [6.07, 6.45) is 16.4. The highest BCUT2D eigenvalue weighted by Crippen LogP contribution is 2.05. The average Bonchev–Trinajstić information content (AvgIpc) is 2.21. The average molecular weight is 160 g/mol. The lowest BCUT2D eigenvalue weighted by molar-refractivity contribution is 0.559. The lowest BCUT2D eigenvalue weighted by Crippen LogP contribution is -2.43. The summed E-state index contributed by atoms with van der Waals surface area (Å²) in [6.45, 7) is 0. The number of allylic oxidation sites excluding steroid dienone is 4.